The third-order valence-electron chi connectivity index (χ3n) is 8.70. The summed E-state index contributed by atoms with van der Waals surface area (Å²) in [5, 5.41) is 1.36. The van der Waals surface area contributed by atoms with Gasteiger partial charge in [0.1, 0.15) is 0 Å². The Morgan fingerprint density at radius 2 is 1.61 bits per heavy atom. The Hall–Kier alpha value is -2.50. The summed E-state index contributed by atoms with van der Waals surface area (Å²) in [7, 11) is 3.37. The van der Waals surface area contributed by atoms with Crippen molar-refractivity contribution in [2.45, 2.75) is 70.9 Å². The summed E-state index contributed by atoms with van der Waals surface area (Å²) >= 11 is 0. The van der Waals surface area contributed by atoms with Crippen molar-refractivity contribution >= 4 is 10.9 Å². The molecule has 3 aromatic rings. The van der Waals surface area contributed by atoms with Crippen LogP contribution in [0.3, 0.4) is 0 Å². The van der Waals surface area contributed by atoms with E-state index >= 15 is 0 Å². The zero-order valence-corrected chi connectivity index (χ0v) is 22.8. The Morgan fingerprint density at radius 3 is 2.25 bits per heavy atom. The van der Waals surface area contributed by atoms with Crippen LogP contribution in [-0.4, -0.2) is 67.3 Å². The number of nitrogens with one attached hydrogen (secondary N) is 1. The highest BCUT2D eigenvalue weighted by Gasteiger charge is 2.29. The van der Waals surface area contributed by atoms with Gasteiger partial charge in [-0.3, -0.25) is 0 Å². The molecule has 0 radical (unpaired) electrons. The molecule has 5 heteroatoms. The molecule has 5 nitrogen and oxygen atoms in total. The van der Waals surface area contributed by atoms with Crippen LogP contribution in [0.4, 0.5) is 0 Å². The van der Waals surface area contributed by atoms with E-state index in [0.717, 1.165) is 29.5 Å². The van der Waals surface area contributed by atoms with E-state index < -0.39 is 0 Å². The number of methoxy groups -OCH3 is 2. The summed E-state index contributed by atoms with van der Waals surface area (Å²) < 4.78 is 11.0. The number of ether oxygens (including phenoxy) is 2. The third-order valence-corrected chi connectivity index (χ3v) is 8.70. The summed E-state index contributed by atoms with van der Waals surface area (Å²) in [6.07, 6.45) is 6.18. The molecule has 0 amide bonds. The van der Waals surface area contributed by atoms with Gasteiger partial charge in [-0.2, -0.15) is 0 Å². The molecule has 0 saturated carbocycles. The second-order valence-corrected chi connectivity index (χ2v) is 10.9. The fourth-order valence-electron chi connectivity index (χ4n) is 6.49. The fourth-order valence-corrected chi connectivity index (χ4v) is 6.49. The Kier molecular flexibility index (Phi) is 7.59. The summed E-state index contributed by atoms with van der Waals surface area (Å²) in [4.78, 5) is 9.13. The maximum absolute atomic E-state index is 5.57. The number of aromatic amines is 1. The summed E-state index contributed by atoms with van der Waals surface area (Å²) in [6.45, 7) is 11.9. The number of rotatable bonds is 7. The number of hydrogen-bond donors (Lipinski definition) is 1. The minimum Gasteiger partial charge on any atom is -0.493 e. The van der Waals surface area contributed by atoms with Crippen LogP contribution in [0.5, 0.6) is 11.5 Å². The number of likely N-dealkylation sites (tertiary alicyclic amines) is 2. The maximum Gasteiger partial charge on any atom is 0.161 e. The smallest absolute Gasteiger partial charge is 0.161 e. The van der Waals surface area contributed by atoms with Crippen LogP contribution >= 0.6 is 0 Å². The van der Waals surface area contributed by atoms with Gasteiger partial charge in [-0.15, -0.1) is 0 Å². The summed E-state index contributed by atoms with van der Waals surface area (Å²) in [5.41, 5.74) is 6.43. The molecule has 0 aliphatic carbocycles. The van der Waals surface area contributed by atoms with Crippen molar-refractivity contribution in [3.8, 4) is 22.8 Å². The van der Waals surface area contributed by atoms with Crippen LogP contribution in [-0.2, 0) is 6.42 Å². The number of fused-ring (bicyclic) bond motifs is 1. The van der Waals surface area contributed by atoms with Crippen molar-refractivity contribution in [2.75, 3.05) is 40.4 Å². The molecular weight excluding hydrogens is 446 g/mol. The molecule has 5 rings (SSSR count). The lowest BCUT2D eigenvalue weighted by atomic mass is 9.87. The Balaban J connectivity index is 1.32. The van der Waals surface area contributed by atoms with Gasteiger partial charge in [0.05, 0.1) is 14.2 Å². The van der Waals surface area contributed by atoms with E-state index in [1.54, 1.807) is 14.2 Å². The number of benzene rings is 2. The molecule has 36 heavy (non-hydrogen) atoms. The van der Waals surface area contributed by atoms with Gasteiger partial charge >= 0.3 is 0 Å². The first-order valence-electron chi connectivity index (χ1n) is 13.9. The molecule has 0 spiro atoms. The lowest BCUT2D eigenvalue weighted by molar-refractivity contribution is 0.0753. The number of H-pyrrole nitrogens is 1. The van der Waals surface area contributed by atoms with Crippen LogP contribution in [0.25, 0.3) is 22.2 Å². The van der Waals surface area contributed by atoms with E-state index in [-0.39, 0.29) is 0 Å². The number of hydrogen-bond acceptors (Lipinski definition) is 4. The molecule has 2 saturated heterocycles. The van der Waals surface area contributed by atoms with Crippen molar-refractivity contribution in [1.29, 1.82) is 0 Å². The van der Waals surface area contributed by atoms with Gasteiger partial charge in [0.2, 0.25) is 0 Å². The number of piperidine rings is 2. The van der Waals surface area contributed by atoms with Gasteiger partial charge in [0, 0.05) is 34.2 Å². The van der Waals surface area contributed by atoms with Crippen molar-refractivity contribution in [1.82, 2.24) is 14.8 Å². The SMILES string of the molecule is CCc1c(-c2ccc(OC)c(OC)c2)[nH]c2ccc(C3CCN(C4CCN(C(C)C)CC4)CC3)cc12. The predicted molar refractivity (Wildman–Crippen MR) is 149 cm³/mol. The topological polar surface area (TPSA) is 40.7 Å². The van der Waals surface area contributed by atoms with Crippen LogP contribution in [0.15, 0.2) is 36.4 Å². The second-order valence-electron chi connectivity index (χ2n) is 10.9. The maximum atomic E-state index is 5.57. The van der Waals surface area contributed by atoms with Crippen LogP contribution in [0, 0.1) is 0 Å². The predicted octanol–water partition coefficient (Wildman–Crippen LogP) is 6.47. The van der Waals surface area contributed by atoms with E-state index in [4.69, 9.17) is 9.47 Å². The third kappa shape index (κ3) is 4.88. The van der Waals surface area contributed by atoms with Gasteiger partial charge in [0.25, 0.3) is 0 Å². The highest BCUT2D eigenvalue weighted by molar-refractivity contribution is 5.91. The molecule has 0 unspecified atom stereocenters. The first-order valence-corrected chi connectivity index (χ1v) is 13.9. The molecule has 1 N–H and O–H groups in total. The minimum atomic E-state index is 0.658. The molecule has 2 fully saturated rings. The van der Waals surface area contributed by atoms with Crippen molar-refractivity contribution < 1.29 is 9.47 Å². The molecule has 2 aliphatic rings. The number of aryl methyl sites for hydroxylation is 1. The van der Waals surface area contributed by atoms with Gasteiger partial charge < -0.3 is 24.3 Å². The Bertz CT molecular complexity index is 1170. The Morgan fingerprint density at radius 1 is 0.889 bits per heavy atom. The molecule has 3 heterocycles. The minimum absolute atomic E-state index is 0.658. The molecule has 1 aromatic heterocycles. The van der Waals surface area contributed by atoms with Crippen LogP contribution < -0.4 is 9.47 Å². The monoisotopic (exact) mass is 489 g/mol. The molecule has 2 aliphatic heterocycles. The van der Waals surface area contributed by atoms with Crippen molar-refractivity contribution in [2.24, 2.45) is 0 Å². The van der Waals surface area contributed by atoms with E-state index in [2.05, 4.69) is 65.9 Å². The standard InChI is InChI=1S/C31H43N3O2/c1-6-26-27-19-23(22-11-15-34(16-12-22)25-13-17-33(18-14-25)21(2)3)7-9-28(27)32-31(26)24-8-10-29(35-4)30(20-24)36-5/h7-10,19-22,25,32H,6,11-18H2,1-5H3. The van der Waals surface area contributed by atoms with Crippen molar-refractivity contribution in [3.05, 3.63) is 47.5 Å². The van der Waals surface area contributed by atoms with E-state index in [9.17, 15) is 0 Å². The molecular formula is C31H43N3O2. The fraction of sp³-hybridized carbons (Fsp3) is 0.548. The van der Waals surface area contributed by atoms with Crippen LogP contribution in [0.1, 0.15) is 63.5 Å². The molecule has 2 aromatic carbocycles. The van der Waals surface area contributed by atoms with E-state index in [1.165, 1.54) is 79.6 Å². The van der Waals surface area contributed by atoms with Gasteiger partial charge in [-0.1, -0.05) is 13.0 Å². The highest BCUT2D eigenvalue weighted by Crippen LogP contribution is 2.38. The zero-order chi connectivity index (χ0) is 25.2. The largest absolute Gasteiger partial charge is 0.493 e. The lowest BCUT2D eigenvalue weighted by Crippen LogP contribution is -2.48. The Labute approximate surface area is 216 Å². The number of aromatic nitrogens is 1. The summed E-state index contributed by atoms with van der Waals surface area (Å²) in [6, 6.07) is 14.8. The average Bonchev–Trinajstić information content (AvgIpc) is 3.30. The normalized spacial score (nSPS) is 18.8. The first-order chi connectivity index (χ1) is 17.5. The van der Waals surface area contributed by atoms with Crippen molar-refractivity contribution in [3.63, 3.8) is 0 Å². The lowest BCUT2D eigenvalue weighted by Gasteiger charge is -2.43. The number of nitrogens with zero attached hydrogens (tertiary/aromatic N) is 2. The average molecular weight is 490 g/mol. The molecule has 194 valence electrons. The van der Waals surface area contributed by atoms with E-state index in [0.29, 0.717) is 12.0 Å². The van der Waals surface area contributed by atoms with Gasteiger partial charge in [-0.25, -0.2) is 0 Å². The van der Waals surface area contributed by atoms with E-state index in [1.807, 2.05) is 6.07 Å². The quantitative estimate of drug-likeness (QED) is 0.413. The summed E-state index contributed by atoms with van der Waals surface area (Å²) in [5.74, 6) is 2.18. The van der Waals surface area contributed by atoms with Gasteiger partial charge in [-0.05, 0) is 120 Å². The molecule has 0 atom stereocenters. The highest BCUT2D eigenvalue weighted by atomic mass is 16.5. The zero-order valence-electron chi connectivity index (χ0n) is 22.8. The van der Waals surface area contributed by atoms with Gasteiger partial charge in [0.15, 0.2) is 11.5 Å². The first kappa shape index (κ1) is 25.2. The van der Waals surface area contributed by atoms with Crippen LogP contribution in [0.2, 0.25) is 0 Å². The second kappa shape index (κ2) is 10.9. The molecule has 0 bridgehead atoms.